The molecule has 0 aromatic heterocycles. The molecule has 1 aliphatic heterocycles. The van der Waals surface area contributed by atoms with E-state index in [2.05, 4.69) is 40.7 Å². The van der Waals surface area contributed by atoms with Crippen LogP contribution < -0.4 is 20.3 Å². The smallest absolute Gasteiger partial charge is 0.191 e. The minimum atomic E-state index is 0. The van der Waals surface area contributed by atoms with Crippen LogP contribution in [-0.2, 0) is 0 Å². The van der Waals surface area contributed by atoms with Crippen molar-refractivity contribution in [3.8, 4) is 5.75 Å². The first-order valence-corrected chi connectivity index (χ1v) is 10.2. The van der Waals surface area contributed by atoms with Gasteiger partial charge in [-0.05, 0) is 44.2 Å². The molecule has 1 heterocycles. The number of halogens is 1. The Morgan fingerprint density at radius 1 is 1.22 bits per heavy atom. The summed E-state index contributed by atoms with van der Waals surface area (Å²) in [6.07, 6.45) is 7.82. The molecule has 1 aromatic carbocycles. The summed E-state index contributed by atoms with van der Waals surface area (Å²) in [6.45, 7) is 6.11. The van der Waals surface area contributed by atoms with Gasteiger partial charge >= 0.3 is 0 Å². The van der Waals surface area contributed by atoms with Gasteiger partial charge in [0.2, 0.25) is 0 Å². The Morgan fingerprint density at radius 3 is 2.78 bits per heavy atom. The lowest BCUT2D eigenvalue weighted by atomic mass is 9.96. The van der Waals surface area contributed by atoms with Gasteiger partial charge in [-0.25, -0.2) is 0 Å². The molecule has 0 bridgehead atoms. The molecule has 5 nitrogen and oxygen atoms in total. The van der Waals surface area contributed by atoms with Crippen LogP contribution in [0.3, 0.4) is 0 Å². The molecule has 2 fully saturated rings. The van der Waals surface area contributed by atoms with Crippen LogP contribution >= 0.6 is 24.0 Å². The lowest BCUT2D eigenvalue weighted by molar-refractivity contribution is 0.409. The minimum Gasteiger partial charge on any atom is -0.497 e. The largest absolute Gasteiger partial charge is 0.497 e. The van der Waals surface area contributed by atoms with Gasteiger partial charge in [-0.15, -0.1) is 24.0 Å². The van der Waals surface area contributed by atoms with E-state index in [9.17, 15) is 0 Å². The summed E-state index contributed by atoms with van der Waals surface area (Å²) in [5.41, 5.74) is 1.25. The average Bonchev–Trinajstić information content (AvgIpc) is 3.16. The SMILES string of the molecule is CCNC(=NCC1CCN(c2cccc(OC)c2)C1)NC1CCCCC1.I. The first kappa shape index (κ1) is 22.1. The van der Waals surface area contributed by atoms with Crippen molar-refractivity contribution < 1.29 is 4.74 Å². The molecule has 1 aliphatic carbocycles. The Labute approximate surface area is 181 Å². The third kappa shape index (κ3) is 6.73. The van der Waals surface area contributed by atoms with Gasteiger partial charge in [0.05, 0.1) is 7.11 Å². The van der Waals surface area contributed by atoms with Crippen molar-refractivity contribution in [1.82, 2.24) is 10.6 Å². The van der Waals surface area contributed by atoms with E-state index in [0.29, 0.717) is 12.0 Å². The lowest BCUT2D eigenvalue weighted by Gasteiger charge is -2.25. The molecule has 152 valence electrons. The second-order valence-electron chi connectivity index (χ2n) is 7.50. The highest BCUT2D eigenvalue weighted by Crippen LogP contribution is 2.27. The van der Waals surface area contributed by atoms with E-state index < -0.39 is 0 Å². The van der Waals surface area contributed by atoms with Gasteiger partial charge in [-0.2, -0.15) is 0 Å². The molecule has 1 aromatic rings. The van der Waals surface area contributed by atoms with E-state index in [-0.39, 0.29) is 24.0 Å². The van der Waals surface area contributed by atoms with Gasteiger partial charge in [-0.1, -0.05) is 25.3 Å². The molecule has 1 saturated heterocycles. The summed E-state index contributed by atoms with van der Waals surface area (Å²) in [7, 11) is 1.72. The standard InChI is InChI=1S/C21H34N4O.HI/c1-3-22-21(24-18-8-5-4-6-9-18)23-15-17-12-13-25(16-17)19-10-7-11-20(14-19)26-2;/h7,10-11,14,17-18H,3-6,8-9,12-13,15-16H2,1-2H3,(H2,22,23,24);1H. The van der Waals surface area contributed by atoms with Crippen LogP contribution in [0.1, 0.15) is 45.4 Å². The Kier molecular flexibility index (Phi) is 9.51. The average molecular weight is 486 g/mol. The molecular formula is C21H35IN4O. The van der Waals surface area contributed by atoms with Crippen LogP contribution in [0.15, 0.2) is 29.3 Å². The molecule has 1 unspecified atom stereocenters. The molecule has 2 N–H and O–H groups in total. The van der Waals surface area contributed by atoms with Gasteiger partial charge in [0, 0.05) is 44.0 Å². The highest BCUT2D eigenvalue weighted by molar-refractivity contribution is 14.0. The van der Waals surface area contributed by atoms with Crippen LogP contribution in [0.4, 0.5) is 5.69 Å². The fraction of sp³-hybridized carbons (Fsp3) is 0.667. The Balaban J connectivity index is 0.00000261. The van der Waals surface area contributed by atoms with E-state index in [1.807, 2.05) is 6.07 Å². The van der Waals surface area contributed by atoms with E-state index in [1.54, 1.807) is 7.11 Å². The molecule has 0 amide bonds. The number of methoxy groups -OCH3 is 1. The number of benzene rings is 1. The van der Waals surface area contributed by atoms with E-state index in [1.165, 1.54) is 44.2 Å². The third-order valence-corrected chi connectivity index (χ3v) is 5.50. The molecular weight excluding hydrogens is 451 g/mol. The third-order valence-electron chi connectivity index (χ3n) is 5.50. The van der Waals surface area contributed by atoms with E-state index >= 15 is 0 Å². The maximum absolute atomic E-state index is 5.35. The second-order valence-corrected chi connectivity index (χ2v) is 7.50. The molecule has 1 saturated carbocycles. The number of anilines is 1. The highest BCUT2D eigenvalue weighted by atomic mass is 127. The number of nitrogens with zero attached hydrogens (tertiary/aromatic N) is 2. The van der Waals surface area contributed by atoms with Crippen molar-refractivity contribution in [2.24, 2.45) is 10.9 Å². The van der Waals surface area contributed by atoms with Crippen LogP contribution in [0.2, 0.25) is 0 Å². The summed E-state index contributed by atoms with van der Waals surface area (Å²) < 4.78 is 5.35. The predicted octanol–water partition coefficient (Wildman–Crippen LogP) is 4.03. The molecule has 2 aliphatic rings. The Bertz CT molecular complexity index is 589. The van der Waals surface area contributed by atoms with Gasteiger partial charge in [0.15, 0.2) is 5.96 Å². The summed E-state index contributed by atoms with van der Waals surface area (Å²) in [5, 5.41) is 7.07. The van der Waals surface area contributed by atoms with Crippen molar-refractivity contribution in [1.29, 1.82) is 0 Å². The van der Waals surface area contributed by atoms with Crippen molar-refractivity contribution in [3.63, 3.8) is 0 Å². The maximum Gasteiger partial charge on any atom is 0.191 e. The van der Waals surface area contributed by atoms with E-state index in [0.717, 1.165) is 37.9 Å². The van der Waals surface area contributed by atoms with Gasteiger partial charge in [0.1, 0.15) is 5.75 Å². The van der Waals surface area contributed by atoms with Crippen LogP contribution in [0, 0.1) is 5.92 Å². The number of rotatable bonds is 6. The molecule has 3 rings (SSSR count). The molecule has 6 heteroatoms. The second kappa shape index (κ2) is 11.6. The monoisotopic (exact) mass is 486 g/mol. The van der Waals surface area contributed by atoms with Crippen molar-refractivity contribution in [2.45, 2.75) is 51.5 Å². The number of nitrogens with one attached hydrogen (secondary N) is 2. The number of aliphatic imine (C=N–C) groups is 1. The summed E-state index contributed by atoms with van der Waals surface area (Å²) in [6, 6.07) is 8.96. The summed E-state index contributed by atoms with van der Waals surface area (Å²) in [4.78, 5) is 7.34. The number of guanidine groups is 1. The highest BCUT2D eigenvalue weighted by Gasteiger charge is 2.23. The predicted molar refractivity (Wildman–Crippen MR) is 125 cm³/mol. The fourth-order valence-electron chi connectivity index (χ4n) is 4.00. The van der Waals surface area contributed by atoms with E-state index in [4.69, 9.17) is 9.73 Å². The number of ether oxygens (including phenoxy) is 1. The normalized spacial score (nSPS) is 20.9. The first-order chi connectivity index (χ1) is 12.8. The maximum atomic E-state index is 5.35. The topological polar surface area (TPSA) is 48.9 Å². The Morgan fingerprint density at radius 2 is 2.04 bits per heavy atom. The van der Waals surface area contributed by atoms with Gasteiger partial charge in [0.25, 0.3) is 0 Å². The minimum absolute atomic E-state index is 0. The Hall–Kier alpha value is -1.18. The number of hydrogen-bond acceptors (Lipinski definition) is 3. The molecule has 0 spiro atoms. The number of hydrogen-bond donors (Lipinski definition) is 2. The van der Waals surface area contributed by atoms with Crippen LogP contribution in [0.5, 0.6) is 5.75 Å². The van der Waals surface area contributed by atoms with Crippen molar-refractivity contribution >= 4 is 35.6 Å². The zero-order valence-corrected chi connectivity index (χ0v) is 19.1. The quantitative estimate of drug-likeness (QED) is 0.362. The lowest BCUT2D eigenvalue weighted by Crippen LogP contribution is -2.44. The van der Waals surface area contributed by atoms with Crippen molar-refractivity contribution in [2.75, 3.05) is 38.2 Å². The molecule has 1 atom stereocenters. The van der Waals surface area contributed by atoms with Gasteiger partial charge < -0.3 is 20.3 Å². The zero-order chi connectivity index (χ0) is 18.2. The van der Waals surface area contributed by atoms with Gasteiger partial charge in [-0.3, -0.25) is 4.99 Å². The zero-order valence-electron chi connectivity index (χ0n) is 16.7. The molecule has 0 radical (unpaired) electrons. The first-order valence-electron chi connectivity index (χ1n) is 10.2. The fourth-order valence-corrected chi connectivity index (χ4v) is 4.00. The molecule has 27 heavy (non-hydrogen) atoms. The van der Waals surface area contributed by atoms with Crippen LogP contribution in [0.25, 0.3) is 0 Å². The summed E-state index contributed by atoms with van der Waals surface area (Å²) >= 11 is 0. The van der Waals surface area contributed by atoms with Crippen LogP contribution in [-0.4, -0.2) is 45.3 Å². The van der Waals surface area contributed by atoms with Crippen molar-refractivity contribution in [3.05, 3.63) is 24.3 Å². The summed E-state index contributed by atoms with van der Waals surface area (Å²) in [5.74, 6) is 2.54.